The highest BCUT2D eigenvalue weighted by molar-refractivity contribution is 7.90. The van der Waals surface area contributed by atoms with Gasteiger partial charge in [-0.05, 0) is 105 Å². The predicted octanol–water partition coefficient (Wildman–Crippen LogP) is 4.20. The minimum Gasteiger partial charge on any atom is -0.490 e. The predicted molar refractivity (Wildman–Crippen MR) is 180 cm³/mol. The number of carbonyl (C=O) groups is 1. The number of aliphatic hydroxyl groups excluding tert-OH is 1. The summed E-state index contributed by atoms with van der Waals surface area (Å²) in [7, 11) is -3.98. The zero-order chi connectivity index (χ0) is 32.7. The summed E-state index contributed by atoms with van der Waals surface area (Å²) < 4.78 is 35.5. The van der Waals surface area contributed by atoms with E-state index in [0.717, 1.165) is 37.8 Å². The number of hydrogen-bond acceptors (Lipinski definition) is 8. The number of sulfonamides is 1. The molecule has 6 rings (SSSR count). The Balaban J connectivity index is 1.43. The molecule has 11 heteroatoms. The van der Waals surface area contributed by atoms with Crippen molar-refractivity contribution in [1.29, 1.82) is 0 Å². The molecule has 2 aliphatic heterocycles. The number of aryl methyl sites for hydroxylation is 1. The Morgan fingerprint density at radius 3 is 2.76 bits per heavy atom. The molecule has 4 aliphatic rings. The molecular formula is C35H46ClN3O6S. The van der Waals surface area contributed by atoms with Crippen molar-refractivity contribution in [3.63, 3.8) is 0 Å². The van der Waals surface area contributed by atoms with Crippen LogP contribution < -0.4 is 19.7 Å². The molecule has 0 aromatic heterocycles. The van der Waals surface area contributed by atoms with Crippen LogP contribution in [0.1, 0.15) is 67.4 Å². The van der Waals surface area contributed by atoms with Gasteiger partial charge in [0.2, 0.25) is 10.0 Å². The number of fused-ring (bicyclic) bond motifs is 4. The van der Waals surface area contributed by atoms with E-state index in [9.17, 15) is 23.4 Å². The zero-order valence-corrected chi connectivity index (χ0v) is 28.2. The minimum absolute atomic E-state index is 0.0340. The monoisotopic (exact) mass is 671 g/mol. The lowest BCUT2D eigenvalue weighted by Gasteiger charge is -2.49. The number of aliphatic hydroxyl groups is 2. The van der Waals surface area contributed by atoms with Crippen molar-refractivity contribution >= 4 is 33.2 Å². The molecule has 1 saturated carbocycles. The first-order valence-electron chi connectivity index (χ1n) is 16.5. The average molecular weight is 672 g/mol. The summed E-state index contributed by atoms with van der Waals surface area (Å²) in [5.74, 6) is -0.208. The number of nitrogens with one attached hydrogen (secondary N) is 2. The number of rotatable bonds is 4. The molecule has 250 valence electrons. The number of halogens is 1. The zero-order valence-electron chi connectivity index (χ0n) is 26.7. The van der Waals surface area contributed by atoms with Crippen molar-refractivity contribution in [2.75, 3.05) is 44.3 Å². The van der Waals surface area contributed by atoms with Crippen LogP contribution in [-0.4, -0.2) is 74.8 Å². The quantitative estimate of drug-likeness (QED) is 0.282. The maximum absolute atomic E-state index is 13.4. The molecule has 2 aliphatic carbocycles. The SMILES string of the molecule is C[C@@H]1[C@@H](C)C/C=C/[C@](O)(CNCCO)[C@@H]2CC[C@H]2CN2C[C@@]3(CCCc4cc(Cl)ccc43)COc3ccc(cc32)C(=O)NS1(=O)=O. The Hall–Kier alpha value is -2.63. The van der Waals surface area contributed by atoms with Crippen molar-refractivity contribution in [3.05, 3.63) is 70.3 Å². The second-order valence-electron chi connectivity index (χ2n) is 13.9. The first-order chi connectivity index (χ1) is 21.9. The third-order valence-corrected chi connectivity index (χ3v) is 13.1. The topological polar surface area (TPSA) is 128 Å². The molecule has 2 bridgehead atoms. The van der Waals surface area contributed by atoms with Gasteiger partial charge >= 0.3 is 0 Å². The summed E-state index contributed by atoms with van der Waals surface area (Å²) in [5.41, 5.74) is 1.97. The van der Waals surface area contributed by atoms with E-state index in [4.69, 9.17) is 16.3 Å². The highest BCUT2D eigenvalue weighted by atomic mass is 35.5. The summed E-state index contributed by atoms with van der Waals surface area (Å²) in [5, 5.41) is 24.6. The van der Waals surface area contributed by atoms with Crippen LogP contribution >= 0.6 is 11.6 Å². The van der Waals surface area contributed by atoms with E-state index in [1.165, 1.54) is 11.1 Å². The lowest BCUT2D eigenvalue weighted by molar-refractivity contribution is -0.0439. The van der Waals surface area contributed by atoms with E-state index >= 15 is 0 Å². The van der Waals surface area contributed by atoms with Crippen molar-refractivity contribution in [1.82, 2.24) is 10.0 Å². The summed E-state index contributed by atoms with van der Waals surface area (Å²) in [6, 6.07) is 11.3. The molecule has 2 aromatic rings. The Kier molecular flexibility index (Phi) is 9.48. The van der Waals surface area contributed by atoms with Crippen molar-refractivity contribution in [3.8, 4) is 5.75 Å². The van der Waals surface area contributed by atoms with Gasteiger partial charge < -0.3 is 25.2 Å². The van der Waals surface area contributed by atoms with Gasteiger partial charge in [-0.3, -0.25) is 4.79 Å². The van der Waals surface area contributed by atoms with Crippen LogP contribution in [0, 0.1) is 17.8 Å². The van der Waals surface area contributed by atoms with Gasteiger partial charge in [0.1, 0.15) is 5.75 Å². The first kappa shape index (κ1) is 33.3. The van der Waals surface area contributed by atoms with Gasteiger partial charge in [-0.1, -0.05) is 36.7 Å². The molecule has 0 saturated heterocycles. The standard InChI is InChI=1S/C35H46ClN3O6S/c1-23-5-3-14-35(42,20-37-15-16-40)30-10-7-27(30)19-39-21-34(13-4-6-25-17-28(36)9-11-29(25)34)22-45-32-12-8-26(18-31(32)39)33(41)38-46(43,44)24(23)2/h3,8-9,11-12,14,17-18,23-24,27,30,37,40,42H,4-7,10,13,15-16,19-22H2,1-2H3,(H,38,41)/b14-3+/t23-,24+,27-,30+,34-,35-/m0/s1. The number of ether oxygens (including phenoxy) is 1. The van der Waals surface area contributed by atoms with Gasteiger partial charge in [0, 0.05) is 42.2 Å². The van der Waals surface area contributed by atoms with Crippen LogP contribution in [0.4, 0.5) is 5.69 Å². The van der Waals surface area contributed by atoms with Crippen molar-refractivity contribution < 1.29 is 28.2 Å². The number of hydrogen-bond donors (Lipinski definition) is 4. The molecule has 6 atom stereocenters. The highest BCUT2D eigenvalue weighted by Gasteiger charge is 2.48. The Morgan fingerprint density at radius 2 is 2.00 bits per heavy atom. The Labute approximate surface area is 277 Å². The number of nitrogens with zero attached hydrogens (tertiary/aromatic N) is 1. The highest BCUT2D eigenvalue weighted by Crippen LogP contribution is 2.48. The van der Waals surface area contributed by atoms with Crippen LogP contribution in [0.2, 0.25) is 5.02 Å². The molecule has 46 heavy (non-hydrogen) atoms. The van der Waals surface area contributed by atoms with Crippen LogP contribution in [0.15, 0.2) is 48.6 Å². The van der Waals surface area contributed by atoms with Crippen molar-refractivity contribution in [2.45, 2.75) is 68.6 Å². The molecule has 9 nitrogen and oxygen atoms in total. The largest absolute Gasteiger partial charge is 0.490 e. The van der Waals surface area contributed by atoms with E-state index in [1.54, 1.807) is 25.1 Å². The van der Waals surface area contributed by atoms with Crippen LogP contribution in [-0.2, 0) is 21.9 Å². The summed E-state index contributed by atoms with van der Waals surface area (Å²) in [6.07, 6.45) is 8.79. The molecule has 0 radical (unpaired) electrons. The van der Waals surface area contributed by atoms with E-state index in [0.29, 0.717) is 43.4 Å². The van der Waals surface area contributed by atoms with E-state index in [1.807, 2.05) is 25.1 Å². The normalized spacial score (nSPS) is 33.1. The first-order valence-corrected chi connectivity index (χ1v) is 18.5. The van der Waals surface area contributed by atoms with Crippen LogP contribution in [0.5, 0.6) is 5.75 Å². The lowest BCUT2D eigenvalue weighted by atomic mass is 9.64. The van der Waals surface area contributed by atoms with Crippen molar-refractivity contribution in [2.24, 2.45) is 17.8 Å². The van der Waals surface area contributed by atoms with E-state index < -0.39 is 26.8 Å². The van der Waals surface area contributed by atoms with E-state index in [2.05, 4.69) is 27.1 Å². The summed E-state index contributed by atoms with van der Waals surface area (Å²) >= 11 is 6.42. The van der Waals surface area contributed by atoms with Gasteiger partial charge in [-0.15, -0.1) is 0 Å². The third kappa shape index (κ3) is 6.43. The molecule has 2 heterocycles. The average Bonchev–Trinajstić information content (AvgIpc) is 3.15. The molecular weight excluding hydrogens is 626 g/mol. The maximum Gasteiger partial charge on any atom is 0.264 e. The molecule has 1 amide bonds. The fourth-order valence-electron chi connectivity index (χ4n) is 7.93. The fraction of sp³-hybridized carbons (Fsp3) is 0.571. The fourth-order valence-corrected chi connectivity index (χ4v) is 9.41. The van der Waals surface area contributed by atoms with Crippen LogP contribution in [0.3, 0.4) is 0 Å². The second-order valence-corrected chi connectivity index (χ2v) is 16.4. The van der Waals surface area contributed by atoms with Gasteiger partial charge in [0.15, 0.2) is 0 Å². The third-order valence-electron chi connectivity index (χ3n) is 11.0. The molecule has 4 N–H and O–H groups in total. The Bertz CT molecular complexity index is 1600. The number of carbonyl (C=O) groups excluding carboxylic acids is 1. The van der Waals surface area contributed by atoms with Crippen LogP contribution in [0.25, 0.3) is 0 Å². The number of amides is 1. The van der Waals surface area contributed by atoms with Gasteiger partial charge in [0.05, 0.1) is 29.8 Å². The molecule has 0 unspecified atom stereocenters. The molecule has 1 fully saturated rings. The summed E-state index contributed by atoms with van der Waals surface area (Å²) in [4.78, 5) is 15.7. The van der Waals surface area contributed by atoms with E-state index in [-0.39, 0.29) is 41.9 Å². The minimum atomic E-state index is -3.98. The Morgan fingerprint density at radius 1 is 1.17 bits per heavy atom. The van der Waals surface area contributed by atoms with Gasteiger partial charge in [-0.2, -0.15) is 0 Å². The molecule has 1 spiro atoms. The number of anilines is 1. The lowest BCUT2D eigenvalue weighted by Crippen LogP contribution is -2.55. The van der Waals surface area contributed by atoms with Gasteiger partial charge in [0.25, 0.3) is 5.91 Å². The molecule has 2 aromatic carbocycles. The maximum atomic E-state index is 13.4. The smallest absolute Gasteiger partial charge is 0.264 e. The van der Waals surface area contributed by atoms with Gasteiger partial charge in [-0.25, -0.2) is 13.1 Å². The number of benzene rings is 2. The second kappa shape index (κ2) is 13.1. The summed E-state index contributed by atoms with van der Waals surface area (Å²) in [6.45, 7) is 5.80. The number of allylic oxidation sites excluding steroid dienone is 1.